The molecule has 2 aliphatic heterocycles. The van der Waals surface area contributed by atoms with Crippen LogP contribution < -0.4 is 0 Å². The van der Waals surface area contributed by atoms with Gasteiger partial charge in [0.15, 0.2) is 0 Å². The molecule has 1 amide bonds. The first kappa shape index (κ1) is 12.2. The van der Waals surface area contributed by atoms with Crippen molar-refractivity contribution in [2.75, 3.05) is 0 Å². The number of alkyl halides is 1. The standard InChI is InChI=1S/C14H15BrFNO/c15-9-7-10-5-6-11(8-9)17(10)14(18)12-3-1-2-4-13(12)16/h1-4,9-11H,5-8H2. The molecule has 0 radical (unpaired) electrons. The summed E-state index contributed by atoms with van der Waals surface area (Å²) >= 11 is 3.64. The van der Waals surface area contributed by atoms with Gasteiger partial charge in [-0.25, -0.2) is 4.39 Å². The Labute approximate surface area is 114 Å². The predicted molar refractivity (Wildman–Crippen MR) is 71.3 cm³/mol. The van der Waals surface area contributed by atoms with E-state index >= 15 is 0 Å². The second kappa shape index (κ2) is 4.65. The van der Waals surface area contributed by atoms with Crippen LogP contribution in [0.1, 0.15) is 36.0 Å². The van der Waals surface area contributed by atoms with Crippen molar-refractivity contribution in [2.24, 2.45) is 0 Å². The first-order valence-electron chi connectivity index (χ1n) is 6.38. The predicted octanol–water partition coefficient (Wildman–Crippen LogP) is 3.36. The Kier molecular flexibility index (Phi) is 3.14. The second-order valence-electron chi connectivity index (χ2n) is 5.15. The number of carbonyl (C=O) groups is 1. The van der Waals surface area contributed by atoms with E-state index in [4.69, 9.17) is 0 Å². The number of rotatable bonds is 1. The average molecular weight is 312 g/mol. The van der Waals surface area contributed by atoms with Crippen LogP contribution in [0, 0.1) is 5.82 Å². The number of piperidine rings is 1. The Morgan fingerprint density at radius 2 is 1.83 bits per heavy atom. The molecule has 0 saturated carbocycles. The molecule has 1 aromatic carbocycles. The summed E-state index contributed by atoms with van der Waals surface area (Å²) in [6, 6.07) is 6.82. The molecule has 96 valence electrons. The SMILES string of the molecule is O=C(c1ccccc1F)N1C2CCC1CC(Br)C2. The zero-order valence-corrected chi connectivity index (χ0v) is 11.6. The third-order valence-electron chi connectivity index (χ3n) is 4.01. The summed E-state index contributed by atoms with van der Waals surface area (Å²) in [7, 11) is 0. The van der Waals surface area contributed by atoms with Crippen LogP contribution in [-0.2, 0) is 0 Å². The molecule has 2 bridgehead atoms. The van der Waals surface area contributed by atoms with E-state index in [-0.39, 0.29) is 23.6 Å². The smallest absolute Gasteiger partial charge is 0.257 e. The largest absolute Gasteiger partial charge is 0.333 e. The van der Waals surface area contributed by atoms with Crippen LogP contribution in [-0.4, -0.2) is 27.7 Å². The molecule has 0 N–H and O–H groups in total. The summed E-state index contributed by atoms with van der Waals surface area (Å²) < 4.78 is 13.7. The highest BCUT2D eigenvalue weighted by Crippen LogP contribution is 2.39. The molecule has 0 aromatic heterocycles. The number of benzene rings is 1. The molecule has 2 heterocycles. The van der Waals surface area contributed by atoms with Crippen molar-refractivity contribution in [3.05, 3.63) is 35.6 Å². The van der Waals surface area contributed by atoms with Gasteiger partial charge in [-0.3, -0.25) is 4.79 Å². The van der Waals surface area contributed by atoms with Gasteiger partial charge in [-0.05, 0) is 37.8 Å². The molecule has 4 heteroatoms. The zero-order valence-electron chi connectivity index (χ0n) is 9.98. The molecule has 3 rings (SSSR count). The Hall–Kier alpha value is -0.900. The maximum absolute atomic E-state index is 13.7. The number of amides is 1. The lowest BCUT2D eigenvalue weighted by molar-refractivity contribution is 0.0598. The fourth-order valence-electron chi connectivity index (χ4n) is 3.22. The van der Waals surface area contributed by atoms with E-state index in [1.165, 1.54) is 6.07 Å². The summed E-state index contributed by atoms with van der Waals surface area (Å²) in [5.41, 5.74) is 0.211. The van der Waals surface area contributed by atoms with Gasteiger partial charge in [-0.1, -0.05) is 28.1 Å². The van der Waals surface area contributed by atoms with Crippen LogP contribution >= 0.6 is 15.9 Å². The van der Waals surface area contributed by atoms with Crippen molar-refractivity contribution in [3.8, 4) is 0 Å². The summed E-state index contributed by atoms with van der Waals surface area (Å²) in [5.74, 6) is -0.553. The van der Waals surface area contributed by atoms with Gasteiger partial charge in [0.25, 0.3) is 5.91 Å². The summed E-state index contributed by atoms with van der Waals surface area (Å²) in [4.78, 5) is 14.9. The highest BCUT2D eigenvalue weighted by molar-refractivity contribution is 9.09. The summed E-state index contributed by atoms with van der Waals surface area (Å²) in [6.45, 7) is 0. The van der Waals surface area contributed by atoms with Crippen molar-refractivity contribution in [3.63, 3.8) is 0 Å². The van der Waals surface area contributed by atoms with Crippen molar-refractivity contribution >= 4 is 21.8 Å². The van der Waals surface area contributed by atoms with Crippen LogP contribution in [0.5, 0.6) is 0 Å². The number of nitrogens with zero attached hydrogens (tertiary/aromatic N) is 1. The maximum atomic E-state index is 13.7. The number of fused-ring (bicyclic) bond motifs is 2. The lowest BCUT2D eigenvalue weighted by atomic mass is 10.0. The van der Waals surface area contributed by atoms with Gasteiger partial charge in [0, 0.05) is 16.9 Å². The van der Waals surface area contributed by atoms with E-state index in [0.29, 0.717) is 4.83 Å². The summed E-state index contributed by atoms with van der Waals surface area (Å²) in [5, 5.41) is 0. The van der Waals surface area contributed by atoms with E-state index in [9.17, 15) is 9.18 Å². The Morgan fingerprint density at radius 3 is 2.44 bits per heavy atom. The van der Waals surface area contributed by atoms with E-state index in [2.05, 4.69) is 15.9 Å². The molecule has 2 saturated heterocycles. The monoisotopic (exact) mass is 311 g/mol. The van der Waals surface area contributed by atoms with Crippen LogP contribution in [0.4, 0.5) is 4.39 Å². The van der Waals surface area contributed by atoms with Gasteiger partial charge in [-0.2, -0.15) is 0 Å². The third kappa shape index (κ3) is 1.96. The zero-order chi connectivity index (χ0) is 12.7. The van der Waals surface area contributed by atoms with Gasteiger partial charge in [0.2, 0.25) is 0 Å². The third-order valence-corrected chi connectivity index (χ3v) is 4.76. The molecule has 2 atom stereocenters. The maximum Gasteiger partial charge on any atom is 0.257 e. The van der Waals surface area contributed by atoms with E-state index in [0.717, 1.165) is 25.7 Å². The Bertz CT molecular complexity index is 465. The molecular formula is C14H15BrFNO. The van der Waals surface area contributed by atoms with E-state index in [1.807, 2.05) is 4.90 Å². The lowest BCUT2D eigenvalue weighted by Gasteiger charge is -2.37. The molecule has 0 aliphatic carbocycles. The topological polar surface area (TPSA) is 20.3 Å². The molecule has 0 spiro atoms. The Balaban J connectivity index is 1.88. The quantitative estimate of drug-likeness (QED) is 0.728. The fourth-order valence-corrected chi connectivity index (χ4v) is 4.08. The molecule has 18 heavy (non-hydrogen) atoms. The fraction of sp³-hybridized carbons (Fsp3) is 0.500. The lowest BCUT2D eigenvalue weighted by Crippen LogP contribution is -2.47. The minimum atomic E-state index is -0.414. The van der Waals surface area contributed by atoms with E-state index < -0.39 is 5.82 Å². The summed E-state index contributed by atoms with van der Waals surface area (Å²) in [6.07, 6.45) is 4.06. The van der Waals surface area contributed by atoms with Gasteiger partial charge in [-0.15, -0.1) is 0 Å². The average Bonchev–Trinajstić information content (AvgIpc) is 2.61. The van der Waals surface area contributed by atoms with Crippen molar-refractivity contribution in [1.29, 1.82) is 0 Å². The molecule has 1 aromatic rings. The van der Waals surface area contributed by atoms with Gasteiger partial charge < -0.3 is 4.90 Å². The van der Waals surface area contributed by atoms with Crippen LogP contribution in [0.25, 0.3) is 0 Å². The van der Waals surface area contributed by atoms with Crippen LogP contribution in [0.2, 0.25) is 0 Å². The normalized spacial score (nSPS) is 30.6. The first-order valence-corrected chi connectivity index (χ1v) is 7.29. The first-order chi connectivity index (χ1) is 8.66. The van der Waals surface area contributed by atoms with Crippen LogP contribution in [0.15, 0.2) is 24.3 Å². The number of halogens is 2. The van der Waals surface area contributed by atoms with Gasteiger partial charge in [0.05, 0.1) is 5.56 Å². The van der Waals surface area contributed by atoms with Crippen molar-refractivity contribution in [1.82, 2.24) is 4.90 Å². The Morgan fingerprint density at radius 1 is 1.22 bits per heavy atom. The van der Waals surface area contributed by atoms with Crippen molar-refractivity contribution in [2.45, 2.75) is 42.6 Å². The number of hydrogen-bond acceptors (Lipinski definition) is 1. The van der Waals surface area contributed by atoms with E-state index in [1.54, 1.807) is 18.2 Å². The van der Waals surface area contributed by atoms with Gasteiger partial charge in [0.1, 0.15) is 5.82 Å². The molecule has 2 aliphatic rings. The minimum absolute atomic E-state index is 0.139. The number of carbonyl (C=O) groups excluding carboxylic acids is 1. The second-order valence-corrected chi connectivity index (χ2v) is 6.44. The van der Waals surface area contributed by atoms with Crippen LogP contribution in [0.3, 0.4) is 0 Å². The minimum Gasteiger partial charge on any atom is -0.333 e. The van der Waals surface area contributed by atoms with Gasteiger partial charge >= 0.3 is 0 Å². The molecular weight excluding hydrogens is 297 g/mol. The molecule has 2 nitrogen and oxygen atoms in total. The number of hydrogen-bond donors (Lipinski definition) is 0. The highest BCUT2D eigenvalue weighted by atomic mass is 79.9. The molecule has 2 fully saturated rings. The van der Waals surface area contributed by atoms with Crippen molar-refractivity contribution < 1.29 is 9.18 Å². The highest BCUT2D eigenvalue weighted by Gasteiger charge is 2.43. The molecule has 2 unspecified atom stereocenters.